The van der Waals surface area contributed by atoms with Crippen LogP contribution in [0, 0.1) is 24.5 Å². The minimum atomic E-state index is -0.576. The third kappa shape index (κ3) is 4.50. The number of nitrogens with zero attached hydrogens (tertiary/aromatic N) is 2. The molecule has 6 heteroatoms. The summed E-state index contributed by atoms with van der Waals surface area (Å²) < 4.78 is 27.5. The lowest BCUT2D eigenvalue weighted by Crippen LogP contribution is -2.42. The summed E-state index contributed by atoms with van der Waals surface area (Å²) in [5.74, 6) is -0.768. The number of piperidine rings is 1. The average molecular weight is 373 g/mol. The molecule has 1 amide bonds. The predicted molar refractivity (Wildman–Crippen MR) is 101 cm³/mol. The molecule has 2 heterocycles. The van der Waals surface area contributed by atoms with Crippen LogP contribution in [-0.2, 0) is 4.79 Å². The van der Waals surface area contributed by atoms with Crippen molar-refractivity contribution in [1.82, 2.24) is 9.88 Å². The number of aryl methyl sites for hydroxylation is 1. The molecule has 1 aromatic heterocycles. The highest BCUT2D eigenvalue weighted by atomic mass is 19.1. The number of likely N-dealkylation sites (tertiary alicyclic amines) is 1. The molecule has 4 nitrogen and oxygen atoms in total. The second kappa shape index (κ2) is 8.57. The molecule has 1 saturated heterocycles. The fourth-order valence-corrected chi connectivity index (χ4v) is 3.79. The Balaban J connectivity index is 1.72. The lowest BCUT2D eigenvalue weighted by molar-refractivity contribution is -0.121. The van der Waals surface area contributed by atoms with E-state index in [1.54, 1.807) is 6.20 Å². The first-order valence-electron chi connectivity index (χ1n) is 9.41. The first-order chi connectivity index (χ1) is 13.0. The van der Waals surface area contributed by atoms with Crippen molar-refractivity contribution in [2.45, 2.75) is 39.2 Å². The summed E-state index contributed by atoms with van der Waals surface area (Å²) in [6.07, 6.45) is 3.99. The zero-order valence-corrected chi connectivity index (χ0v) is 15.7. The van der Waals surface area contributed by atoms with E-state index in [4.69, 9.17) is 0 Å². The van der Waals surface area contributed by atoms with Crippen LogP contribution in [0.1, 0.15) is 43.4 Å². The van der Waals surface area contributed by atoms with Crippen molar-refractivity contribution in [3.63, 3.8) is 0 Å². The number of rotatable bonds is 5. The van der Waals surface area contributed by atoms with E-state index in [1.165, 1.54) is 12.1 Å². The molecule has 0 spiro atoms. The van der Waals surface area contributed by atoms with Crippen LogP contribution in [0.2, 0.25) is 0 Å². The quantitative estimate of drug-likeness (QED) is 0.841. The van der Waals surface area contributed by atoms with E-state index < -0.39 is 11.6 Å². The van der Waals surface area contributed by atoms with Crippen molar-refractivity contribution in [3.05, 3.63) is 59.3 Å². The second-order valence-electron chi connectivity index (χ2n) is 7.08. The Morgan fingerprint density at radius 2 is 2.19 bits per heavy atom. The molecular formula is C21H25F2N3O. The number of aromatic nitrogens is 1. The van der Waals surface area contributed by atoms with Gasteiger partial charge in [0.05, 0.1) is 5.92 Å². The molecular weight excluding hydrogens is 348 g/mol. The van der Waals surface area contributed by atoms with E-state index in [-0.39, 0.29) is 17.9 Å². The van der Waals surface area contributed by atoms with Crippen LogP contribution in [0.5, 0.6) is 0 Å². The van der Waals surface area contributed by atoms with Gasteiger partial charge in [0.25, 0.3) is 0 Å². The minimum Gasteiger partial charge on any atom is -0.310 e. The van der Waals surface area contributed by atoms with Gasteiger partial charge in [-0.2, -0.15) is 0 Å². The molecule has 1 aromatic carbocycles. The number of amides is 1. The lowest BCUT2D eigenvalue weighted by atomic mass is 9.93. The van der Waals surface area contributed by atoms with Crippen LogP contribution in [0.3, 0.4) is 0 Å². The number of anilines is 1. The Kier molecular flexibility index (Phi) is 6.16. The molecule has 1 N–H and O–H groups in total. The van der Waals surface area contributed by atoms with E-state index in [9.17, 15) is 13.6 Å². The fourth-order valence-electron chi connectivity index (χ4n) is 3.79. The van der Waals surface area contributed by atoms with E-state index in [2.05, 4.69) is 15.2 Å². The van der Waals surface area contributed by atoms with Crippen molar-refractivity contribution in [1.29, 1.82) is 0 Å². The van der Waals surface area contributed by atoms with Crippen LogP contribution in [0.25, 0.3) is 0 Å². The Labute approximate surface area is 158 Å². The number of carbonyl (C=O) groups excluding carboxylic acids is 1. The van der Waals surface area contributed by atoms with Gasteiger partial charge in [-0.1, -0.05) is 19.1 Å². The summed E-state index contributed by atoms with van der Waals surface area (Å²) in [7, 11) is 0. The highest BCUT2D eigenvalue weighted by molar-refractivity contribution is 5.92. The zero-order chi connectivity index (χ0) is 19.4. The highest BCUT2D eigenvalue weighted by Crippen LogP contribution is 2.31. The number of hydrogen-bond acceptors (Lipinski definition) is 3. The lowest BCUT2D eigenvalue weighted by Gasteiger charge is -2.37. The van der Waals surface area contributed by atoms with E-state index >= 15 is 0 Å². The fraction of sp³-hybridized carbons (Fsp3) is 0.429. The van der Waals surface area contributed by atoms with E-state index in [0.717, 1.165) is 31.0 Å². The maximum absolute atomic E-state index is 14.3. The molecule has 0 bridgehead atoms. The standard InChI is InChI=1S/C21H25F2N3O/c1-3-19(17-9-8-16(22)12-18(17)23)26-11-5-7-15(13-26)21(27)25-20-14(2)6-4-10-24-20/h4,6,8-10,12,15,19H,3,5,7,11,13H2,1-2H3,(H,24,25,27). The van der Waals surface area contributed by atoms with Gasteiger partial charge in [0.1, 0.15) is 17.5 Å². The van der Waals surface area contributed by atoms with Crippen LogP contribution in [-0.4, -0.2) is 28.9 Å². The first kappa shape index (κ1) is 19.4. The molecule has 144 valence electrons. The zero-order valence-electron chi connectivity index (χ0n) is 15.7. The van der Waals surface area contributed by atoms with Gasteiger partial charge in [0.15, 0.2) is 0 Å². The Morgan fingerprint density at radius 3 is 2.89 bits per heavy atom. The summed E-state index contributed by atoms with van der Waals surface area (Å²) in [6, 6.07) is 7.30. The number of halogens is 2. The normalized spacial score (nSPS) is 18.9. The van der Waals surface area contributed by atoms with Gasteiger partial charge in [0.2, 0.25) is 5.91 Å². The molecule has 0 saturated carbocycles. The number of nitrogens with one attached hydrogen (secondary N) is 1. The number of benzene rings is 1. The summed E-state index contributed by atoms with van der Waals surface area (Å²) in [4.78, 5) is 19.1. The summed E-state index contributed by atoms with van der Waals surface area (Å²) >= 11 is 0. The number of pyridine rings is 1. The Morgan fingerprint density at radius 1 is 1.37 bits per heavy atom. The smallest absolute Gasteiger partial charge is 0.229 e. The number of hydrogen-bond donors (Lipinski definition) is 1. The van der Waals surface area contributed by atoms with Gasteiger partial charge in [-0.15, -0.1) is 0 Å². The van der Waals surface area contributed by atoms with Crippen LogP contribution < -0.4 is 5.32 Å². The van der Waals surface area contributed by atoms with Crippen LogP contribution >= 0.6 is 0 Å². The molecule has 2 aromatic rings. The molecule has 2 unspecified atom stereocenters. The molecule has 1 aliphatic heterocycles. The topological polar surface area (TPSA) is 45.2 Å². The van der Waals surface area contributed by atoms with Crippen molar-refractivity contribution in [3.8, 4) is 0 Å². The summed E-state index contributed by atoms with van der Waals surface area (Å²) in [5.41, 5.74) is 1.40. The minimum absolute atomic E-state index is 0.0593. The van der Waals surface area contributed by atoms with Gasteiger partial charge in [-0.25, -0.2) is 13.8 Å². The SMILES string of the molecule is CCC(c1ccc(F)cc1F)N1CCCC(C(=O)Nc2ncccc2C)C1. The van der Waals surface area contributed by atoms with Gasteiger partial charge >= 0.3 is 0 Å². The third-order valence-corrected chi connectivity index (χ3v) is 5.22. The Bertz CT molecular complexity index is 812. The van der Waals surface area contributed by atoms with Gasteiger partial charge in [-0.05, 0) is 50.4 Å². The molecule has 0 radical (unpaired) electrons. The van der Waals surface area contributed by atoms with Crippen LogP contribution in [0.15, 0.2) is 36.5 Å². The number of carbonyl (C=O) groups is 1. The van der Waals surface area contributed by atoms with Crippen molar-refractivity contribution in [2.75, 3.05) is 18.4 Å². The summed E-state index contributed by atoms with van der Waals surface area (Å²) in [5, 5.41) is 2.92. The molecule has 1 fully saturated rings. The molecule has 2 atom stereocenters. The molecule has 1 aliphatic rings. The second-order valence-corrected chi connectivity index (χ2v) is 7.08. The first-order valence-corrected chi connectivity index (χ1v) is 9.41. The maximum Gasteiger partial charge on any atom is 0.229 e. The predicted octanol–water partition coefficient (Wildman–Crippen LogP) is 4.47. The largest absolute Gasteiger partial charge is 0.310 e. The summed E-state index contributed by atoms with van der Waals surface area (Å²) in [6.45, 7) is 5.23. The average Bonchev–Trinajstić information content (AvgIpc) is 2.66. The van der Waals surface area contributed by atoms with Crippen molar-refractivity contribution < 1.29 is 13.6 Å². The molecule has 27 heavy (non-hydrogen) atoms. The van der Waals surface area contributed by atoms with Crippen molar-refractivity contribution in [2.24, 2.45) is 5.92 Å². The van der Waals surface area contributed by atoms with E-state index in [1.807, 2.05) is 26.0 Å². The van der Waals surface area contributed by atoms with Crippen molar-refractivity contribution >= 4 is 11.7 Å². The Hall–Kier alpha value is -2.34. The molecule has 3 rings (SSSR count). The highest BCUT2D eigenvalue weighted by Gasteiger charge is 2.31. The van der Waals surface area contributed by atoms with Gasteiger partial charge < -0.3 is 5.32 Å². The molecule has 0 aliphatic carbocycles. The van der Waals surface area contributed by atoms with Gasteiger partial charge in [0, 0.05) is 30.4 Å². The van der Waals surface area contributed by atoms with E-state index in [0.29, 0.717) is 24.3 Å². The van der Waals surface area contributed by atoms with Crippen LogP contribution in [0.4, 0.5) is 14.6 Å². The van der Waals surface area contributed by atoms with Gasteiger partial charge in [-0.3, -0.25) is 9.69 Å². The monoisotopic (exact) mass is 373 g/mol. The third-order valence-electron chi connectivity index (χ3n) is 5.22. The maximum atomic E-state index is 14.3.